The summed E-state index contributed by atoms with van der Waals surface area (Å²) < 4.78 is 10.9. The Bertz CT molecular complexity index is 315. The molecule has 0 amide bonds. The highest BCUT2D eigenvalue weighted by Crippen LogP contribution is 2.33. The molecular weight excluding hydrogens is 268 g/mol. The largest absolute Gasteiger partial charge is 0.466 e. The molecule has 0 unspecified atom stereocenters. The molecule has 0 heterocycles. The summed E-state index contributed by atoms with van der Waals surface area (Å²) in [6.45, 7) is 3.46. The number of carbonyl (C=O) groups is 1. The van der Waals surface area contributed by atoms with E-state index in [0.717, 1.165) is 6.61 Å². The summed E-state index contributed by atoms with van der Waals surface area (Å²) in [7, 11) is 0. The minimum atomic E-state index is -0.738. The fraction of sp³-hybridized carbons (Fsp3) is 0.941. The molecule has 0 atom stereocenters. The van der Waals surface area contributed by atoms with Gasteiger partial charge in [-0.1, -0.05) is 19.3 Å². The van der Waals surface area contributed by atoms with Crippen LogP contribution in [0.3, 0.4) is 0 Å². The summed E-state index contributed by atoms with van der Waals surface area (Å²) >= 11 is 0. The van der Waals surface area contributed by atoms with Gasteiger partial charge in [0.1, 0.15) is 0 Å². The van der Waals surface area contributed by atoms with Crippen LogP contribution >= 0.6 is 0 Å². The second kappa shape index (κ2) is 8.14. The molecule has 2 aliphatic rings. The Hall–Kier alpha value is -0.610. The van der Waals surface area contributed by atoms with Gasteiger partial charge in [-0.2, -0.15) is 0 Å². The summed E-state index contributed by atoms with van der Waals surface area (Å²) in [6, 6.07) is 0. The van der Waals surface area contributed by atoms with Crippen LogP contribution in [0.1, 0.15) is 64.7 Å². The molecule has 0 spiro atoms. The zero-order valence-corrected chi connectivity index (χ0v) is 13.3. The second-order valence-electron chi connectivity index (χ2n) is 6.77. The molecule has 2 fully saturated rings. The lowest BCUT2D eigenvalue weighted by atomic mass is 9.79. The Morgan fingerprint density at radius 2 is 1.81 bits per heavy atom. The van der Waals surface area contributed by atoms with E-state index in [4.69, 9.17) is 9.47 Å². The molecule has 0 aromatic heterocycles. The summed E-state index contributed by atoms with van der Waals surface area (Å²) in [5, 5.41) is 10.6. The fourth-order valence-corrected chi connectivity index (χ4v) is 3.56. The van der Waals surface area contributed by atoms with Gasteiger partial charge < -0.3 is 14.6 Å². The van der Waals surface area contributed by atoms with Crippen molar-refractivity contribution in [2.75, 3.05) is 19.8 Å². The van der Waals surface area contributed by atoms with Crippen LogP contribution in [-0.2, 0) is 14.3 Å². The Kier molecular flexibility index (Phi) is 6.49. The lowest BCUT2D eigenvalue weighted by molar-refractivity contribution is -0.152. The van der Waals surface area contributed by atoms with E-state index in [1.165, 1.54) is 32.1 Å². The predicted octanol–water partition coefficient (Wildman–Crippen LogP) is 3.07. The highest BCUT2D eigenvalue weighted by Gasteiger charge is 2.36. The number of hydrogen-bond acceptors (Lipinski definition) is 4. The summed E-state index contributed by atoms with van der Waals surface area (Å²) in [4.78, 5) is 11.7. The topological polar surface area (TPSA) is 55.8 Å². The number of aliphatic hydroxyl groups is 1. The molecule has 2 rings (SSSR count). The third-order valence-corrected chi connectivity index (χ3v) is 4.99. The van der Waals surface area contributed by atoms with Crippen LogP contribution in [0.2, 0.25) is 0 Å². The zero-order valence-electron chi connectivity index (χ0n) is 13.3. The van der Waals surface area contributed by atoms with E-state index in [-0.39, 0.29) is 11.9 Å². The van der Waals surface area contributed by atoms with E-state index < -0.39 is 5.60 Å². The summed E-state index contributed by atoms with van der Waals surface area (Å²) in [6.07, 6.45) is 9.23. The van der Waals surface area contributed by atoms with E-state index in [0.29, 0.717) is 44.8 Å². The molecule has 4 nitrogen and oxygen atoms in total. The molecule has 2 saturated carbocycles. The average Bonchev–Trinajstić information content (AvgIpc) is 2.49. The Morgan fingerprint density at radius 1 is 1.14 bits per heavy atom. The van der Waals surface area contributed by atoms with E-state index in [2.05, 4.69) is 0 Å². The van der Waals surface area contributed by atoms with Crippen LogP contribution in [0.4, 0.5) is 0 Å². The maximum absolute atomic E-state index is 11.7. The van der Waals surface area contributed by atoms with Crippen molar-refractivity contribution < 1.29 is 19.4 Å². The van der Waals surface area contributed by atoms with Crippen molar-refractivity contribution in [3.05, 3.63) is 0 Å². The SMILES string of the molecule is CCOC(=O)C1CCC(O)(COCC2CCCCC2)CC1. The molecule has 1 N–H and O–H groups in total. The van der Waals surface area contributed by atoms with Gasteiger partial charge in [0.2, 0.25) is 0 Å². The second-order valence-corrected chi connectivity index (χ2v) is 6.77. The average molecular weight is 298 g/mol. The monoisotopic (exact) mass is 298 g/mol. The molecule has 4 heteroatoms. The highest BCUT2D eigenvalue weighted by atomic mass is 16.5. The number of rotatable bonds is 6. The molecule has 0 saturated heterocycles. The van der Waals surface area contributed by atoms with Crippen LogP contribution in [0.15, 0.2) is 0 Å². The van der Waals surface area contributed by atoms with Crippen LogP contribution in [0, 0.1) is 11.8 Å². The Morgan fingerprint density at radius 3 is 2.43 bits per heavy atom. The van der Waals surface area contributed by atoms with Gasteiger partial charge in [0.15, 0.2) is 0 Å². The van der Waals surface area contributed by atoms with Crippen LogP contribution in [0.25, 0.3) is 0 Å². The van der Waals surface area contributed by atoms with Crippen molar-refractivity contribution in [1.29, 1.82) is 0 Å². The minimum Gasteiger partial charge on any atom is -0.466 e. The molecule has 0 bridgehead atoms. The fourth-order valence-electron chi connectivity index (χ4n) is 3.56. The zero-order chi connectivity index (χ0) is 15.1. The van der Waals surface area contributed by atoms with Crippen molar-refractivity contribution >= 4 is 5.97 Å². The normalized spacial score (nSPS) is 31.0. The van der Waals surface area contributed by atoms with E-state index in [9.17, 15) is 9.90 Å². The van der Waals surface area contributed by atoms with Crippen LogP contribution in [0.5, 0.6) is 0 Å². The van der Waals surface area contributed by atoms with E-state index >= 15 is 0 Å². The Labute approximate surface area is 128 Å². The van der Waals surface area contributed by atoms with Gasteiger partial charge in [-0.25, -0.2) is 0 Å². The Balaban J connectivity index is 1.65. The van der Waals surface area contributed by atoms with Crippen molar-refractivity contribution in [2.24, 2.45) is 11.8 Å². The first-order valence-electron chi connectivity index (χ1n) is 8.60. The number of esters is 1. The number of hydrogen-bond donors (Lipinski definition) is 1. The standard InChI is InChI=1S/C17H30O4/c1-2-21-16(18)15-8-10-17(19,11-9-15)13-20-12-14-6-4-3-5-7-14/h14-15,19H,2-13H2,1H3. The molecule has 21 heavy (non-hydrogen) atoms. The molecule has 0 radical (unpaired) electrons. The van der Waals surface area contributed by atoms with Crippen molar-refractivity contribution in [3.8, 4) is 0 Å². The van der Waals surface area contributed by atoms with Crippen LogP contribution < -0.4 is 0 Å². The summed E-state index contributed by atoms with van der Waals surface area (Å²) in [5.41, 5.74) is -0.738. The van der Waals surface area contributed by atoms with Gasteiger partial charge >= 0.3 is 5.97 Å². The third-order valence-electron chi connectivity index (χ3n) is 4.99. The first-order chi connectivity index (χ1) is 10.1. The summed E-state index contributed by atoms with van der Waals surface area (Å²) in [5.74, 6) is 0.532. The van der Waals surface area contributed by atoms with Gasteiger partial charge in [0.05, 0.1) is 24.7 Å². The maximum atomic E-state index is 11.7. The van der Waals surface area contributed by atoms with Crippen LogP contribution in [-0.4, -0.2) is 36.5 Å². The van der Waals surface area contributed by atoms with Gasteiger partial charge in [0.25, 0.3) is 0 Å². The molecule has 0 aromatic carbocycles. The molecular formula is C17H30O4. The lowest BCUT2D eigenvalue weighted by Crippen LogP contribution is -2.41. The van der Waals surface area contributed by atoms with Crippen molar-refractivity contribution in [2.45, 2.75) is 70.3 Å². The minimum absolute atomic E-state index is 0.0384. The molecule has 0 aromatic rings. The molecule has 122 valence electrons. The van der Waals surface area contributed by atoms with Gasteiger partial charge in [0, 0.05) is 6.61 Å². The van der Waals surface area contributed by atoms with Gasteiger partial charge in [-0.15, -0.1) is 0 Å². The first kappa shape index (κ1) is 16.8. The van der Waals surface area contributed by atoms with Gasteiger partial charge in [-0.3, -0.25) is 4.79 Å². The van der Waals surface area contributed by atoms with Gasteiger partial charge in [-0.05, 0) is 51.4 Å². The number of carbonyl (C=O) groups excluding carboxylic acids is 1. The molecule has 2 aliphatic carbocycles. The maximum Gasteiger partial charge on any atom is 0.308 e. The predicted molar refractivity (Wildman–Crippen MR) is 80.9 cm³/mol. The first-order valence-corrected chi connectivity index (χ1v) is 8.60. The van der Waals surface area contributed by atoms with Crippen molar-refractivity contribution in [3.63, 3.8) is 0 Å². The van der Waals surface area contributed by atoms with E-state index in [1.54, 1.807) is 0 Å². The smallest absolute Gasteiger partial charge is 0.308 e. The van der Waals surface area contributed by atoms with Crippen molar-refractivity contribution in [1.82, 2.24) is 0 Å². The van der Waals surface area contributed by atoms with E-state index in [1.807, 2.05) is 6.92 Å². The quantitative estimate of drug-likeness (QED) is 0.766. The molecule has 0 aliphatic heterocycles. The third kappa shape index (κ3) is 5.26. The lowest BCUT2D eigenvalue weighted by Gasteiger charge is -2.35. The number of ether oxygens (including phenoxy) is 2. The highest BCUT2D eigenvalue weighted by molar-refractivity contribution is 5.72.